The molecule has 0 saturated heterocycles. The van der Waals surface area contributed by atoms with Gasteiger partial charge in [0.25, 0.3) is 17.5 Å². The van der Waals surface area contributed by atoms with Crippen molar-refractivity contribution in [2.75, 3.05) is 4.90 Å². The lowest BCUT2D eigenvalue weighted by Gasteiger charge is -2.13. The normalized spacial score (nSPS) is 13.1. The second-order valence-corrected chi connectivity index (χ2v) is 10.2. The molecule has 33 heavy (non-hydrogen) atoms. The Kier molecular flexibility index (Phi) is 5.57. The molecular formula is C22H11Cl2N3O4S2. The summed E-state index contributed by atoms with van der Waals surface area (Å²) in [5.74, 6) is -0.491. The van der Waals surface area contributed by atoms with Gasteiger partial charge >= 0.3 is 0 Å². The largest absolute Gasteiger partial charge is 0.270 e. The molecule has 4 aromatic rings. The SMILES string of the molecule is O=C1c2ccc([N+](=O)[O-])cc2C(=O)N1c1ccc2nc(SCc3ccc(Cl)cc3Cl)sc2c1. The number of imide groups is 1. The molecule has 2 amide bonds. The standard InChI is InChI=1S/C22H11Cl2N3O4S2/c23-12-2-1-11(17(24)7-12)10-32-22-25-18-6-4-13(9-19(18)33-22)26-20(28)15-5-3-14(27(30)31)8-16(15)21(26)29/h1-9H,10H2. The molecule has 1 aromatic heterocycles. The Morgan fingerprint density at radius 1 is 1.00 bits per heavy atom. The number of halogens is 2. The summed E-state index contributed by atoms with van der Waals surface area (Å²) in [5.41, 5.74) is 1.99. The van der Waals surface area contributed by atoms with Gasteiger partial charge in [-0.25, -0.2) is 9.88 Å². The van der Waals surface area contributed by atoms with Crippen molar-refractivity contribution in [1.29, 1.82) is 0 Å². The summed E-state index contributed by atoms with van der Waals surface area (Å²) in [6.45, 7) is 0. The minimum absolute atomic E-state index is 0.0229. The summed E-state index contributed by atoms with van der Waals surface area (Å²) >= 11 is 15.1. The highest BCUT2D eigenvalue weighted by atomic mass is 35.5. The van der Waals surface area contributed by atoms with Crippen LogP contribution in [0.2, 0.25) is 10.0 Å². The minimum Gasteiger partial charge on any atom is -0.268 e. The van der Waals surface area contributed by atoms with Gasteiger partial charge in [0.15, 0.2) is 4.34 Å². The fourth-order valence-electron chi connectivity index (χ4n) is 3.45. The van der Waals surface area contributed by atoms with Crippen molar-refractivity contribution >= 4 is 79.7 Å². The summed E-state index contributed by atoms with van der Waals surface area (Å²) < 4.78 is 1.62. The van der Waals surface area contributed by atoms with Crippen LogP contribution in [0.1, 0.15) is 26.3 Å². The molecule has 2 heterocycles. The lowest BCUT2D eigenvalue weighted by molar-refractivity contribution is -0.384. The summed E-state index contributed by atoms with van der Waals surface area (Å²) in [7, 11) is 0. The Hall–Kier alpha value is -2.98. The number of benzene rings is 3. The smallest absolute Gasteiger partial charge is 0.268 e. The maximum Gasteiger partial charge on any atom is 0.270 e. The molecule has 0 fully saturated rings. The first kappa shape index (κ1) is 21.8. The number of carbonyl (C=O) groups is 2. The highest BCUT2D eigenvalue weighted by Crippen LogP contribution is 2.37. The molecule has 164 valence electrons. The topological polar surface area (TPSA) is 93.4 Å². The number of fused-ring (bicyclic) bond motifs is 2. The minimum atomic E-state index is -0.597. The molecule has 0 N–H and O–H groups in total. The van der Waals surface area contributed by atoms with Crippen LogP contribution in [0.4, 0.5) is 11.4 Å². The van der Waals surface area contributed by atoms with Crippen molar-refractivity contribution in [1.82, 2.24) is 4.98 Å². The highest BCUT2D eigenvalue weighted by molar-refractivity contribution is 8.00. The third-order valence-corrected chi connectivity index (χ3v) is 7.85. The molecular weight excluding hydrogens is 505 g/mol. The van der Waals surface area contributed by atoms with E-state index < -0.39 is 16.7 Å². The number of nitro groups is 1. The number of nitro benzene ring substituents is 1. The third-order valence-electron chi connectivity index (χ3n) is 5.06. The first-order valence-corrected chi connectivity index (χ1v) is 12.0. The van der Waals surface area contributed by atoms with Crippen LogP contribution in [0.5, 0.6) is 0 Å². The average Bonchev–Trinajstić information content (AvgIpc) is 3.30. The van der Waals surface area contributed by atoms with Gasteiger partial charge in [0, 0.05) is 27.9 Å². The fourth-order valence-corrected chi connectivity index (χ4v) is 6.11. The van der Waals surface area contributed by atoms with E-state index >= 15 is 0 Å². The molecule has 7 nitrogen and oxygen atoms in total. The second kappa shape index (κ2) is 8.42. The van der Waals surface area contributed by atoms with Gasteiger partial charge in [-0.05, 0) is 42.0 Å². The Balaban J connectivity index is 1.41. The van der Waals surface area contributed by atoms with E-state index in [-0.39, 0.29) is 16.8 Å². The lowest BCUT2D eigenvalue weighted by atomic mass is 10.1. The van der Waals surface area contributed by atoms with Crippen LogP contribution in [0, 0.1) is 10.1 Å². The van der Waals surface area contributed by atoms with Gasteiger partial charge in [0.2, 0.25) is 0 Å². The molecule has 0 bridgehead atoms. The number of nitrogens with zero attached hydrogens (tertiary/aromatic N) is 3. The van der Waals surface area contributed by atoms with Gasteiger partial charge in [0.1, 0.15) is 0 Å². The Labute approximate surface area is 205 Å². The highest BCUT2D eigenvalue weighted by Gasteiger charge is 2.38. The number of thiazole rings is 1. The van der Waals surface area contributed by atoms with Crippen LogP contribution in [0.3, 0.4) is 0 Å². The molecule has 5 rings (SSSR count). The molecule has 0 aliphatic carbocycles. The van der Waals surface area contributed by atoms with Crippen molar-refractivity contribution < 1.29 is 14.5 Å². The van der Waals surface area contributed by atoms with Crippen molar-refractivity contribution in [3.63, 3.8) is 0 Å². The van der Waals surface area contributed by atoms with Crippen LogP contribution in [-0.4, -0.2) is 21.7 Å². The molecule has 0 spiro atoms. The van der Waals surface area contributed by atoms with E-state index in [4.69, 9.17) is 23.2 Å². The number of hydrogen-bond donors (Lipinski definition) is 0. The number of rotatable bonds is 5. The predicted molar refractivity (Wildman–Crippen MR) is 130 cm³/mol. The van der Waals surface area contributed by atoms with E-state index in [1.165, 1.54) is 35.2 Å². The maximum atomic E-state index is 12.9. The summed E-state index contributed by atoms with van der Waals surface area (Å²) in [4.78, 5) is 41.8. The van der Waals surface area contributed by atoms with Crippen molar-refractivity contribution in [3.05, 3.63) is 91.4 Å². The average molecular weight is 516 g/mol. The molecule has 3 aromatic carbocycles. The molecule has 0 atom stereocenters. The molecule has 11 heteroatoms. The monoisotopic (exact) mass is 515 g/mol. The quantitative estimate of drug-likeness (QED) is 0.128. The summed E-state index contributed by atoms with van der Waals surface area (Å²) in [6, 6.07) is 14.1. The molecule has 1 aliphatic rings. The van der Waals surface area contributed by atoms with E-state index in [0.717, 1.165) is 31.1 Å². The van der Waals surface area contributed by atoms with Gasteiger partial charge in [-0.3, -0.25) is 19.7 Å². The van der Waals surface area contributed by atoms with Crippen molar-refractivity contribution in [3.8, 4) is 0 Å². The van der Waals surface area contributed by atoms with Gasteiger partial charge in [-0.2, -0.15) is 0 Å². The lowest BCUT2D eigenvalue weighted by Crippen LogP contribution is -2.29. The summed E-state index contributed by atoms with van der Waals surface area (Å²) in [6.07, 6.45) is 0. The van der Waals surface area contributed by atoms with Crippen LogP contribution in [0.25, 0.3) is 10.2 Å². The van der Waals surface area contributed by atoms with Gasteiger partial charge < -0.3 is 0 Å². The number of amides is 2. The Morgan fingerprint density at radius 3 is 2.55 bits per heavy atom. The summed E-state index contributed by atoms with van der Waals surface area (Å²) in [5, 5.41) is 12.2. The van der Waals surface area contributed by atoms with E-state index in [0.29, 0.717) is 21.5 Å². The van der Waals surface area contributed by atoms with Crippen LogP contribution in [0.15, 0.2) is 58.9 Å². The molecule has 0 unspecified atom stereocenters. The van der Waals surface area contributed by atoms with Crippen LogP contribution >= 0.6 is 46.3 Å². The Bertz CT molecular complexity index is 1490. The van der Waals surface area contributed by atoms with E-state index in [9.17, 15) is 19.7 Å². The number of anilines is 1. The molecule has 0 radical (unpaired) electrons. The first-order chi connectivity index (χ1) is 15.8. The Morgan fingerprint density at radius 2 is 1.79 bits per heavy atom. The van der Waals surface area contributed by atoms with Gasteiger partial charge in [-0.15, -0.1) is 11.3 Å². The van der Waals surface area contributed by atoms with Crippen LogP contribution in [-0.2, 0) is 5.75 Å². The first-order valence-electron chi connectivity index (χ1n) is 9.46. The van der Waals surface area contributed by atoms with E-state index in [2.05, 4.69) is 4.98 Å². The predicted octanol–water partition coefficient (Wildman–Crippen LogP) is 6.60. The zero-order valence-corrected chi connectivity index (χ0v) is 19.6. The van der Waals surface area contributed by atoms with E-state index in [1.54, 1.807) is 30.3 Å². The number of hydrogen-bond acceptors (Lipinski definition) is 7. The maximum absolute atomic E-state index is 12.9. The zero-order chi connectivity index (χ0) is 23.3. The number of non-ortho nitro benzene ring substituents is 1. The van der Waals surface area contributed by atoms with Crippen molar-refractivity contribution in [2.24, 2.45) is 0 Å². The fraction of sp³-hybridized carbons (Fsp3) is 0.0455. The van der Waals surface area contributed by atoms with Crippen LogP contribution < -0.4 is 4.90 Å². The van der Waals surface area contributed by atoms with Crippen molar-refractivity contribution in [2.45, 2.75) is 10.1 Å². The zero-order valence-electron chi connectivity index (χ0n) is 16.5. The number of carbonyl (C=O) groups excluding carboxylic acids is 2. The third kappa shape index (κ3) is 3.97. The molecule has 0 saturated carbocycles. The number of thioether (sulfide) groups is 1. The van der Waals surface area contributed by atoms with Gasteiger partial charge in [0.05, 0.1) is 32.0 Å². The van der Waals surface area contributed by atoms with E-state index in [1.807, 2.05) is 6.07 Å². The second-order valence-electron chi connectivity index (χ2n) is 7.09. The van der Waals surface area contributed by atoms with Gasteiger partial charge in [-0.1, -0.05) is 41.0 Å². The number of aromatic nitrogens is 1. The molecule has 1 aliphatic heterocycles.